The van der Waals surface area contributed by atoms with Gasteiger partial charge in [-0.3, -0.25) is 0 Å². The Hall–Kier alpha value is -0.170. The SMILES string of the molecule is CCCNCCCS(=O)(=O)NCCN(C)C1CCCC1. The number of likely N-dealkylation sites (N-methyl/N-ethyl adjacent to an activating group) is 1. The molecule has 0 radical (unpaired) electrons. The lowest BCUT2D eigenvalue weighted by Gasteiger charge is -2.23. The van der Waals surface area contributed by atoms with Crippen molar-refractivity contribution in [1.82, 2.24) is 14.9 Å². The number of nitrogens with one attached hydrogen (secondary N) is 2. The van der Waals surface area contributed by atoms with E-state index < -0.39 is 10.0 Å². The third-order valence-electron chi connectivity index (χ3n) is 3.93. The number of hydrogen-bond acceptors (Lipinski definition) is 4. The standard InChI is InChI=1S/C14H31N3O2S/c1-3-9-15-10-6-13-20(18,19)16-11-12-17(2)14-7-4-5-8-14/h14-16H,3-13H2,1-2H3. The van der Waals surface area contributed by atoms with Gasteiger partial charge in [-0.2, -0.15) is 0 Å². The van der Waals surface area contributed by atoms with E-state index in [4.69, 9.17) is 0 Å². The molecule has 0 aromatic heterocycles. The lowest BCUT2D eigenvalue weighted by molar-refractivity contribution is 0.250. The summed E-state index contributed by atoms with van der Waals surface area (Å²) in [5.41, 5.74) is 0. The summed E-state index contributed by atoms with van der Waals surface area (Å²) < 4.78 is 26.3. The van der Waals surface area contributed by atoms with Crippen molar-refractivity contribution in [1.29, 1.82) is 0 Å². The highest BCUT2D eigenvalue weighted by atomic mass is 32.2. The maximum atomic E-state index is 11.8. The first-order valence-corrected chi connectivity index (χ1v) is 9.58. The van der Waals surface area contributed by atoms with Crippen LogP contribution < -0.4 is 10.0 Å². The molecule has 0 atom stereocenters. The van der Waals surface area contributed by atoms with Crippen molar-refractivity contribution in [2.24, 2.45) is 0 Å². The van der Waals surface area contributed by atoms with Crippen LogP contribution in [0, 0.1) is 0 Å². The van der Waals surface area contributed by atoms with Gasteiger partial charge in [-0.1, -0.05) is 19.8 Å². The first-order chi connectivity index (χ1) is 9.55. The second-order valence-electron chi connectivity index (χ2n) is 5.74. The van der Waals surface area contributed by atoms with Crippen LogP contribution in [0.25, 0.3) is 0 Å². The van der Waals surface area contributed by atoms with E-state index in [0.717, 1.165) is 26.1 Å². The molecule has 2 N–H and O–H groups in total. The predicted octanol–water partition coefficient (Wildman–Crippen LogP) is 1.17. The zero-order valence-corrected chi connectivity index (χ0v) is 13.8. The normalized spacial score (nSPS) is 17.1. The Balaban J connectivity index is 2.09. The molecule has 0 saturated heterocycles. The number of hydrogen-bond donors (Lipinski definition) is 2. The highest BCUT2D eigenvalue weighted by Crippen LogP contribution is 2.21. The van der Waals surface area contributed by atoms with E-state index in [1.807, 2.05) is 0 Å². The van der Waals surface area contributed by atoms with Crippen LogP contribution in [0.3, 0.4) is 0 Å². The third-order valence-corrected chi connectivity index (χ3v) is 5.40. The van der Waals surface area contributed by atoms with E-state index in [9.17, 15) is 8.42 Å². The molecule has 0 unspecified atom stereocenters. The van der Waals surface area contributed by atoms with Gasteiger partial charge in [0.1, 0.15) is 0 Å². The molecule has 1 saturated carbocycles. The van der Waals surface area contributed by atoms with Crippen LogP contribution in [-0.4, -0.2) is 58.3 Å². The Kier molecular flexibility index (Phi) is 8.68. The fourth-order valence-electron chi connectivity index (χ4n) is 2.67. The Labute approximate surface area is 124 Å². The van der Waals surface area contributed by atoms with Gasteiger partial charge in [0.15, 0.2) is 0 Å². The summed E-state index contributed by atoms with van der Waals surface area (Å²) in [5.74, 6) is 0.219. The van der Waals surface area contributed by atoms with Gasteiger partial charge in [-0.25, -0.2) is 13.1 Å². The second kappa shape index (κ2) is 9.71. The molecule has 0 aliphatic heterocycles. The Morgan fingerprint density at radius 1 is 1.15 bits per heavy atom. The number of nitrogens with zero attached hydrogens (tertiary/aromatic N) is 1. The monoisotopic (exact) mass is 305 g/mol. The molecule has 0 amide bonds. The molecule has 120 valence electrons. The van der Waals surface area contributed by atoms with Crippen LogP contribution in [0.5, 0.6) is 0 Å². The first-order valence-electron chi connectivity index (χ1n) is 7.93. The quantitative estimate of drug-likeness (QED) is 0.563. The van der Waals surface area contributed by atoms with Crippen molar-refractivity contribution in [2.45, 2.75) is 51.5 Å². The largest absolute Gasteiger partial charge is 0.317 e. The van der Waals surface area contributed by atoms with Crippen LogP contribution in [0.4, 0.5) is 0 Å². The Morgan fingerprint density at radius 3 is 2.50 bits per heavy atom. The maximum absolute atomic E-state index is 11.8. The van der Waals surface area contributed by atoms with E-state index in [-0.39, 0.29) is 5.75 Å². The number of rotatable bonds is 11. The zero-order valence-electron chi connectivity index (χ0n) is 13.0. The van der Waals surface area contributed by atoms with Gasteiger partial charge < -0.3 is 10.2 Å². The topological polar surface area (TPSA) is 61.4 Å². The summed E-state index contributed by atoms with van der Waals surface area (Å²) in [6.45, 7) is 5.16. The van der Waals surface area contributed by atoms with E-state index in [2.05, 4.69) is 28.9 Å². The molecular formula is C14H31N3O2S. The minimum Gasteiger partial charge on any atom is -0.317 e. The molecule has 0 heterocycles. The lowest BCUT2D eigenvalue weighted by atomic mass is 10.2. The zero-order chi connectivity index (χ0) is 14.8. The predicted molar refractivity (Wildman–Crippen MR) is 84.5 cm³/mol. The van der Waals surface area contributed by atoms with E-state index >= 15 is 0 Å². The number of sulfonamides is 1. The average molecular weight is 305 g/mol. The van der Waals surface area contributed by atoms with Crippen LogP contribution in [0.15, 0.2) is 0 Å². The molecule has 5 nitrogen and oxygen atoms in total. The van der Waals surface area contributed by atoms with E-state index in [0.29, 0.717) is 19.0 Å². The third kappa shape index (κ3) is 7.57. The van der Waals surface area contributed by atoms with Crippen LogP contribution >= 0.6 is 0 Å². The molecule has 1 fully saturated rings. The minimum absolute atomic E-state index is 0.219. The van der Waals surface area contributed by atoms with Gasteiger partial charge in [0, 0.05) is 19.1 Å². The molecule has 0 spiro atoms. The average Bonchev–Trinajstić information content (AvgIpc) is 2.92. The summed E-state index contributed by atoms with van der Waals surface area (Å²) in [5, 5.41) is 3.22. The van der Waals surface area contributed by atoms with Crippen molar-refractivity contribution < 1.29 is 8.42 Å². The lowest BCUT2D eigenvalue weighted by Crippen LogP contribution is -2.38. The van der Waals surface area contributed by atoms with Crippen molar-refractivity contribution in [3.63, 3.8) is 0 Å². The van der Waals surface area contributed by atoms with Gasteiger partial charge in [0.2, 0.25) is 10.0 Å². The fraction of sp³-hybridized carbons (Fsp3) is 1.00. The smallest absolute Gasteiger partial charge is 0.211 e. The summed E-state index contributed by atoms with van der Waals surface area (Å²) in [6.07, 6.45) is 6.89. The van der Waals surface area contributed by atoms with Gasteiger partial charge >= 0.3 is 0 Å². The molecule has 0 bridgehead atoms. The van der Waals surface area contributed by atoms with E-state index in [1.165, 1.54) is 25.7 Å². The molecule has 1 aliphatic rings. The second-order valence-corrected chi connectivity index (χ2v) is 7.66. The Bertz CT molecular complexity index is 340. The van der Waals surface area contributed by atoms with Crippen molar-refractivity contribution >= 4 is 10.0 Å². The first kappa shape index (κ1) is 17.9. The van der Waals surface area contributed by atoms with Crippen LogP contribution in [-0.2, 0) is 10.0 Å². The van der Waals surface area contributed by atoms with Crippen molar-refractivity contribution in [3.8, 4) is 0 Å². The fourth-order valence-corrected chi connectivity index (χ4v) is 3.74. The molecule has 20 heavy (non-hydrogen) atoms. The van der Waals surface area contributed by atoms with E-state index in [1.54, 1.807) is 0 Å². The van der Waals surface area contributed by atoms with Crippen molar-refractivity contribution in [2.75, 3.05) is 39.0 Å². The Morgan fingerprint density at radius 2 is 1.85 bits per heavy atom. The molecule has 0 aromatic rings. The molecule has 0 aromatic carbocycles. The highest BCUT2D eigenvalue weighted by molar-refractivity contribution is 7.89. The van der Waals surface area contributed by atoms with Gasteiger partial charge in [-0.05, 0) is 45.8 Å². The summed E-state index contributed by atoms with van der Waals surface area (Å²) in [7, 11) is -1.01. The summed E-state index contributed by atoms with van der Waals surface area (Å²) >= 11 is 0. The maximum Gasteiger partial charge on any atom is 0.211 e. The molecular weight excluding hydrogens is 274 g/mol. The molecule has 1 aliphatic carbocycles. The summed E-state index contributed by atoms with van der Waals surface area (Å²) in [6, 6.07) is 0.651. The molecule has 1 rings (SSSR count). The van der Waals surface area contributed by atoms with Gasteiger partial charge in [-0.15, -0.1) is 0 Å². The van der Waals surface area contributed by atoms with Gasteiger partial charge in [0.25, 0.3) is 0 Å². The highest BCUT2D eigenvalue weighted by Gasteiger charge is 2.19. The molecule has 6 heteroatoms. The van der Waals surface area contributed by atoms with Crippen molar-refractivity contribution in [3.05, 3.63) is 0 Å². The minimum atomic E-state index is -3.10. The van der Waals surface area contributed by atoms with Gasteiger partial charge in [0.05, 0.1) is 5.75 Å². The van der Waals surface area contributed by atoms with Crippen LogP contribution in [0.1, 0.15) is 45.4 Å². The van der Waals surface area contributed by atoms with Crippen LogP contribution in [0.2, 0.25) is 0 Å². The summed E-state index contributed by atoms with van der Waals surface area (Å²) in [4.78, 5) is 2.29.